The molecule has 2 nitrogen and oxygen atoms in total. The van der Waals surface area contributed by atoms with Gasteiger partial charge in [0.15, 0.2) is 0 Å². The van der Waals surface area contributed by atoms with E-state index in [-0.39, 0.29) is 0 Å². The van der Waals surface area contributed by atoms with Gasteiger partial charge in [0, 0.05) is 16.7 Å². The van der Waals surface area contributed by atoms with Gasteiger partial charge >= 0.3 is 0 Å². The largest absolute Gasteiger partial charge is 0.437 e. The van der Waals surface area contributed by atoms with Gasteiger partial charge in [-0.2, -0.15) is 0 Å². The summed E-state index contributed by atoms with van der Waals surface area (Å²) in [7, 11) is 0. The van der Waals surface area contributed by atoms with Crippen LogP contribution in [0.15, 0.2) is 47.1 Å². The van der Waals surface area contributed by atoms with Crippen LogP contribution in [0.3, 0.4) is 0 Å². The van der Waals surface area contributed by atoms with Crippen LogP contribution in [0, 0.1) is 0 Å². The summed E-state index contributed by atoms with van der Waals surface area (Å²) in [5.41, 5.74) is 0. The minimum absolute atomic E-state index is 0.520. The van der Waals surface area contributed by atoms with Crippen molar-refractivity contribution in [3.05, 3.63) is 52.1 Å². The Kier molecular flexibility index (Phi) is 3.23. The van der Waals surface area contributed by atoms with E-state index in [0.29, 0.717) is 16.7 Å². The molecular formula is C11H7BrClNO. The molecule has 0 saturated heterocycles. The summed E-state index contributed by atoms with van der Waals surface area (Å²) in [6, 6.07) is 10.9. The number of para-hydroxylation sites is 1. The number of hydrogen-bond acceptors (Lipinski definition) is 2. The standard InChI is InChI=1S/C11H7BrClNO/c12-8-5-6-11(14-7-8)15-10-4-2-1-3-9(10)13/h1-7H. The summed E-state index contributed by atoms with van der Waals surface area (Å²) < 4.78 is 6.41. The summed E-state index contributed by atoms with van der Waals surface area (Å²) in [6.45, 7) is 0. The van der Waals surface area contributed by atoms with Gasteiger partial charge in [-0.15, -0.1) is 0 Å². The molecule has 0 N–H and O–H groups in total. The van der Waals surface area contributed by atoms with E-state index in [1.54, 1.807) is 24.4 Å². The molecule has 0 fully saturated rings. The number of rotatable bonds is 2. The zero-order valence-corrected chi connectivity index (χ0v) is 9.99. The highest BCUT2D eigenvalue weighted by atomic mass is 79.9. The average molecular weight is 285 g/mol. The van der Waals surface area contributed by atoms with Crippen LogP contribution >= 0.6 is 27.5 Å². The molecule has 0 bridgehead atoms. The third-order valence-electron chi connectivity index (χ3n) is 1.75. The zero-order valence-electron chi connectivity index (χ0n) is 7.65. The molecule has 76 valence electrons. The Morgan fingerprint density at radius 1 is 1.13 bits per heavy atom. The van der Waals surface area contributed by atoms with E-state index in [9.17, 15) is 0 Å². The minimum atomic E-state index is 0.520. The predicted octanol–water partition coefficient (Wildman–Crippen LogP) is 4.29. The van der Waals surface area contributed by atoms with E-state index >= 15 is 0 Å². The third-order valence-corrected chi connectivity index (χ3v) is 2.53. The second-order valence-corrected chi connectivity index (χ2v) is 4.17. The number of aromatic nitrogens is 1. The van der Waals surface area contributed by atoms with Crippen LogP contribution in [0.4, 0.5) is 0 Å². The van der Waals surface area contributed by atoms with Crippen LogP contribution in [0.5, 0.6) is 11.6 Å². The molecule has 1 aromatic heterocycles. The topological polar surface area (TPSA) is 22.1 Å². The fourth-order valence-corrected chi connectivity index (χ4v) is 1.47. The second-order valence-electron chi connectivity index (χ2n) is 2.85. The maximum absolute atomic E-state index is 5.94. The second kappa shape index (κ2) is 4.64. The van der Waals surface area contributed by atoms with Crippen LogP contribution in [0.2, 0.25) is 5.02 Å². The normalized spacial score (nSPS) is 10.0. The SMILES string of the molecule is Clc1ccccc1Oc1ccc(Br)cn1. The van der Waals surface area contributed by atoms with Crippen LogP contribution in [-0.2, 0) is 0 Å². The highest BCUT2D eigenvalue weighted by Gasteiger charge is 2.02. The summed E-state index contributed by atoms with van der Waals surface area (Å²) in [4.78, 5) is 4.09. The highest BCUT2D eigenvalue weighted by molar-refractivity contribution is 9.10. The monoisotopic (exact) mass is 283 g/mol. The van der Waals surface area contributed by atoms with Gasteiger partial charge in [0.25, 0.3) is 0 Å². The van der Waals surface area contributed by atoms with E-state index < -0.39 is 0 Å². The Hall–Kier alpha value is -1.06. The highest BCUT2D eigenvalue weighted by Crippen LogP contribution is 2.27. The number of nitrogens with zero attached hydrogens (tertiary/aromatic N) is 1. The number of benzene rings is 1. The predicted molar refractivity (Wildman–Crippen MR) is 63.5 cm³/mol. The molecule has 0 saturated carbocycles. The Balaban J connectivity index is 2.22. The van der Waals surface area contributed by atoms with Gasteiger partial charge < -0.3 is 4.74 Å². The minimum Gasteiger partial charge on any atom is -0.437 e. The van der Waals surface area contributed by atoms with Crippen LogP contribution < -0.4 is 4.74 Å². The number of halogens is 2. The lowest BCUT2D eigenvalue weighted by Gasteiger charge is -2.05. The first-order valence-corrected chi connectivity index (χ1v) is 5.47. The summed E-state index contributed by atoms with van der Waals surface area (Å²) in [5.74, 6) is 1.13. The van der Waals surface area contributed by atoms with Gasteiger partial charge in [0.05, 0.1) is 5.02 Å². The number of pyridine rings is 1. The van der Waals surface area contributed by atoms with Crippen molar-refractivity contribution in [1.82, 2.24) is 4.98 Å². The van der Waals surface area contributed by atoms with Crippen molar-refractivity contribution in [3.63, 3.8) is 0 Å². The maximum atomic E-state index is 5.94. The summed E-state index contributed by atoms with van der Waals surface area (Å²) in [5, 5.41) is 0.571. The molecule has 2 aromatic rings. The van der Waals surface area contributed by atoms with Crippen molar-refractivity contribution < 1.29 is 4.74 Å². The van der Waals surface area contributed by atoms with E-state index in [2.05, 4.69) is 20.9 Å². The van der Waals surface area contributed by atoms with Gasteiger partial charge in [0.2, 0.25) is 5.88 Å². The number of hydrogen-bond donors (Lipinski definition) is 0. The molecule has 2 rings (SSSR count). The lowest BCUT2D eigenvalue weighted by Crippen LogP contribution is -1.87. The molecule has 15 heavy (non-hydrogen) atoms. The first kappa shape index (κ1) is 10.5. The van der Waals surface area contributed by atoms with Crippen molar-refractivity contribution in [2.75, 3.05) is 0 Å². The van der Waals surface area contributed by atoms with Gasteiger partial charge in [0.1, 0.15) is 5.75 Å². The van der Waals surface area contributed by atoms with E-state index in [0.717, 1.165) is 4.47 Å². The van der Waals surface area contributed by atoms with Crippen molar-refractivity contribution in [1.29, 1.82) is 0 Å². The molecule has 0 radical (unpaired) electrons. The quantitative estimate of drug-likeness (QED) is 0.821. The molecule has 4 heteroatoms. The fourth-order valence-electron chi connectivity index (χ4n) is 1.06. The van der Waals surface area contributed by atoms with Crippen LogP contribution in [0.25, 0.3) is 0 Å². The van der Waals surface area contributed by atoms with E-state index in [1.807, 2.05) is 18.2 Å². The molecule has 1 aromatic carbocycles. The fraction of sp³-hybridized carbons (Fsp3) is 0. The average Bonchev–Trinajstić information content (AvgIpc) is 2.25. The smallest absolute Gasteiger partial charge is 0.219 e. The van der Waals surface area contributed by atoms with Crippen LogP contribution in [-0.4, -0.2) is 4.98 Å². The number of ether oxygens (including phenoxy) is 1. The van der Waals surface area contributed by atoms with Gasteiger partial charge in [-0.25, -0.2) is 4.98 Å². The molecule has 1 heterocycles. The molecule has 0 spiro atoms. The van der Waals surface area contributed by atoms with Crippen molar-refractivity contribution in [2.45, 2.75) is 0 Å². The van der Waals surface area contributed by atoms with Crippen molar-refractivity contribution >= 4 is 27.5 Å². The van der Waals surface area contributed by atoms with Gasteiger partial charge in [-0.05, 0) is 34.1 Å². The first-order valence-electron chi connectivity index (χ1n) is 4.29. The molecule has 0 unspecified atom stereocenters. The van der Waals surface area contributed by atoms with Gasteiger partial charge in [-0.1, -0.05) is 23.7 Å². The third kappa shape index (κ3) is 2.70. The summed E-state index contributed by atoms with van der Waals surface area (Å²) in [6.07, 6.45) is 1.67. The van der Waals surface area contributed by atoms with E-state index in [4.69, 9.17) is 16.3 Å². The Morgan fingerprint density at radius 3 is 2.60 bits per heavy atom. The molecule has 0 aliphatic rings. The molecule has 0 aliphatic carbocycles. The lowest BCUT2D eigenvalue weighted by molar-refractivity contribution is 0.463. The molecule has 0 aliphatic heterocycles. The Bertz CT molecular complexity index is 458. The van der Waals surface area contributed by atoms with Crippen molar-refractivity contribution in [2.24, 2.45) is 0 Å². The summed E-state index contributed by atoms with van der Waals surface area (Å²) >= 11 is 9.24. The van der Waals surface area contributed by atoms with Crippen molar-refractivity contribution in [3.8, 4) is 11.6 Å². The van der Waals surface area contributed by atoms with Gasteiger partial charge in [-0.3, -0.25) is 0 Å². The van der Waals surface area contributed by atoms with E-state index in [1.165, 1.54) is 0 Å². The molecular weight excluding hydrogens is 277 g/mol. The molecule has 0 atom stereocenters. The molecule has 0 amide bonds. The maximum Gasteiger partial charge on any atom is 0.219 e. The Labute approximate surface area is 101 Å². The Morgan fingerprint density at radius 2 is 1.93 bits per heavy atom. The lowest BCUT2D eigenvalue weighted by atomic mass is 10.3. The zero-order chi connectivity index (χ0) is 10.7. The first-order chi connectivity index (χ1) is 7.25. The van der Waals surface area contributed by atoms with Crippen LogP contribution in [0.1, 0.15) is 0 Å².